The number of aromatic nitrogens is 2. The Balaban J connectivity index is 1.30. The van der Waals surface area contributed by atoms with Crippen LogP contribution in [0.15, 0.2) is 58.7 Å². The number of anilines is 1. The van der Waals surface area contributed by atoms with Crippen molar-refractivity contribution < 1.29 is 9.53 Å². The lowest BCUT2D eigenvalue weighted by molar-refractivity contribution is -0.113. The molecule has 2 aromatic carbocycles. The number of thioether (sulfide) groups is 1. The molecule has 0 atom stereocenters. The van der Waals surface area contributed by atoms with E-state index in [1.165, 1.54) is 11.8 Å². The highest BCUT2D eigenvalue weighted by Gasteiger charge is 2.22. The van der Waals surface area contributed by atoms with E-state index in [2.05, 4.69) is 30.8 Å². The summed E-state index contributed by atoms with van der Waals surface area (Å²) in [6, 6.07) is 13.4. The van der Waals surface area contributed by atoms with Crippen LogP contribution in [-0.4, -0.2) is 58.4 Å². The number of aliphatic imine (C=N–C) groups is 1. The summed E-state index contributed by atoms with van der Waals surface area (Å²) in [6.45, 7) is 5.34. The Morgan fingerprint density at radius 1 is 1.16 bits per heavy atom. The second kappa shape index (κ2) is 9.46. The van der Waals surface area contributed by atoms with E-state index >= 15 is 0 Å². The summed E-state index contributed by atoms with van der Waals surface area (Å²) in [4.78, 5) is 24.1. The van der Waals surface area contributed by atoms with Gasteiger partial charge < -0.3 is 14.6 Å². The van der Waals surface area contributed by atoms with Crippen LogP contribution < -0.4 is 5.32 Å². The van der Waals surface area contributed by atoms with Crippen molar-refractivity contribution in [2.75, 3.05) is 38.2 Å². The first-order valence-electron chi connectivity index (χ1n) is 10.4. The molecular weight excluding hydrogens is 446 g/mol. The van der Waals surface area contributed by atoms with Gasteiger partial charge in [-0.15, -0.1) is 0 Å². The van der Waals surface area contributed by atoms with Crippen LogP contribution in [0.5, 0.6) is 0 Å². The standard InChI is InChI=1S/C23H22ClN5O2S/c24-17-3-1-2-4-18(17)26-23-27-22(30)21(32-23)14-16-5-6-19-20(13-16)29(15-25-19)8-7-28-9-11-31-12-10-28/h1-6,13-15H,7-12H2,(H,26,27,30). The Kier molecular flexibility index (Phi) is 6.27. The molecule has 7 nitrogen and oxygen atoms in total. The smallest absolute Gasteiger partial charge is 0.286 e. The van der Waals surface area contributed by atoms with Gasteiger partial charge in [-0.1, -0.05) is 29.8 Å². The Morgan fingerprint density at radius 3 is 2.84 bits per heavy atom. The van der Waals surface area contributed by atoms with E-state index in [1.54, 1.807) is 6.07 Å². The van der Waals surface area contributed by atoms with E-state index in [1.807, 2.05) is 42.7 Å². The van der Waals surface area contributed by atoms with Crippen molar-refractivity contribution in [2.45, 2.75) is 6.54 Å². The van der Waals surface area contributed by atoms with Crippen molar-refractivity contribution in [1.29, 1.82) is 0 Å². The largest absolute Gasteiger partial charge is 0.379 e. The number of halogens is 1. The highest BCUT2D eigenvalue weighted by molar-refractivity contribution is 8.18. The number of rotatable bonds is 5. The maximum absolute atomic E-state index is 12.4. The summed E-state index contributed by atoms with van der Waals surface area (Å²) < 4.78 is 7.59. The average Bonchev–Trinajstić information content (AvgIpc) is 3.37. The molecule has 1 amide bonds. The minimum atomic E-state index is -0.259. The zero-order valence-electron chi connectivity index (χ0n) is 17.3. The molecule has 1 saturated heterocycles. The van der Waals surface area contributed by atoms with E-state index in [0.717, 1.165) is 61.7 Å². The number of ether oxygens (including phenoxy) is 1. The van der Waals surface area contributed by atoms with Crippen molar-refractivity contribution in [1.82, 2.24) is 14.5 Å². The third kappa shape index (κ3) is 4.73. The maximum atomic E-state index is 12.4. The Bertz CT molecular complexity index is 1220. The van der Waals surface area contributed by atoms with Gasteiger partial charge in [0.05, 0.1) is 46.2 Å². The first kappa shape index (κ1) is 21.2. The van der Waals surface area contributed by atoms with Gasteiger partial charge in [0, 0.05) is 26.2 Å². The number of amidine groups is 1. The molecule has 0 saturated carbocycles. The maximum Gasteiger partial charge on any atom is 0.286 e. The minimum absolute atomic E-state index is 0.259. The van der Waals surface area contributed by atoms with Gasteiger partial charge in [-0.2, -0.15) is 4.99 Å². The van der Waals surface area contributed by atoms with E-state index in [4.69, 9.17) is 16.3 Å². The zero-order valence-corrected chi connectivity index (χ0v) is 18.9. The van der Waals surface area contributed by atoms with Crippen LogP contribution in [0.2, 0.25) is 5.02 Å². The molecule has 1 aromatic heterocycles. The number of morpholine rings is 1. The predicted octanol–water partition coefficient (Wildman–Crippen LogP) is 4.10. The number of hydrogen-bond donors (Lipinski definition) is 1. The van der Waals surface area contributed by atoms with Crippen molar-refractivity contribution in [2.24, 2.45) is 4.99 Å². The third-order valence-corrected chi connectivity index (χ3v) is 6.67. The van der Waals surface area contributed by atoms with Crippen LogP contribution in [0, 0.1) is 0 Å². The fourth-order valence-electron chi connectivity index (χ4n) is 3.71. The average molecular weight is 468 g/mol. The lowest BCUT2D eigenvalue weighted by Gasteiger charge is -2.26. The summed E-state index contributed by atoms with van der Waals surface area (Å²) >= 11 is 7.50. The summed E-state index contributed by atoms with van der Waals surface area (Å²) in [5.74, 6) is -0.259. The van der Waals surface area contributed by atoms with Gasteiger partial charge in [0.15, 0.2) is 5.17 Å². The van der Waals surface area contributed by atoms with Crippen molar-refractivity contribution >= 4 is 57.2 Å². The van der Waals surface area contributed by atoms with E-state index in [-0.39, 0.29) is 5.91 Å². The number of hydrogen-bond acceptors (Lipinski definition) is 6. The number of nitrogens with one attached hydrogen (secondary N) is 1. The van der Waals surface area contributed by atoms with Crippen molar-refractivity contribution in [3.8, 4) is 0 Å². The van der Waals surface area contributed by atoms with Gasteiger partial charge in [0.25, 0.3) is 5.91 Å². The van der Waals surface area contributed by atoms with Gasteiger partial charge >= 0.3 is 0 Å². The Morgan fingerprint density at radius 2 is 2.00 bits per heavy atom. The molecule has 3 heterocycles. The fraction of sp³-hybridized carbons (Fsp3) is 0.261. The van der Waals surface area contributed by atoms with E-state index in [9.17, 15) is 4.79 Å². The molecule has 164 valence electrons. The Labute approximate surface area is 195 Å². The van der Waals surface area contributed by atoms with E-state index < -0.39 is 0 Å². The van der Waals surface area contributed by atoms with Gasteiger partial charge in [-0.25, -0.2) is 4.98 Å². The summed E-state index contributed by atoms with van der Waals surface area (Å²) in [6.07, 6.45) is 3.75. The second-order valence-electron chi connectivity index (χ2n) is 7.58. The van der Waals surface area contributed by atoms with Crippen LogP contribution in [0.1, 0.15) is 5.56 Å². The number of imidazole rings is 1. The quantitative estimate of drug-likeness (QED) is 0.569. The normalized spacial score (nSPS) is 18.5. The van der Waals surface area contributed by atoms with Gasteiger partial charge in [-0.3, -0.25) is 9.69 Å². The van der Waals surface area contributed by atoms with Crippen LogP contribution >= 0.6 is 23.4 Å². The molecule has 0 bridgehead atoms. The first-order chi connectivity index (χ1) is 15.7. The number of carbonyl (C=O) groups excluding carboxylic acids is 1. The molecule has 1 fully saturated rings. The van der Waals surface area contributed by atoms with Crippen molar-refractivity contribution in [3.05, 3.63) is 64.3 Å². The monoisotopic (exact) mass is 467 g/mol. The molecule has 0 spiro atoms. The summed E-state index contributed by atoms with van der Waals surface area (Å²) in [5, 5.41) is 4.23. The van der Waals surface area contributed by atoms with Crippen LogP contribution in [0.25, 0.3) is 17.1 Å². The van der Waals surface area contributed by atoms with Gasteiger partial charge in [0.1, 0.15) is 0 Å². The molecule has 0 unspecified atom stereocenters. The topological polar surface area (TPSA) is 71.8 Å². The number of fused-ring (bicyclic) bond motifs is 1. The van der Waals surface area contributed by atoms with Gasteiger partial charge in [0.2, 0.25) is 0 Å². The Hall–Kier alpha value is -2.65. The highest BCUT2D eigenvalue weighted by Crippen LogP contribution is 2.31. The third-order valence-electron chi connectivity index (χ3n) is 5.44. The number of benzene rings is 2. The minimum Gasteiger partial charge on any atom is -0.379 e. The molecule has 3 aromatic rings. The van der Waals surface area contributed by atoms with Crippen LogP contribution in [-0.2, 0) is 16.1 Å². The fourth-order valence-corrected chi connectivity index (χ4v) is 4.72. The number of para-hydroxylation sites is 1. The molecule has 5 rings (SSSR count). The molecule has 1 N–H and O–H groups in total. The highest BCUT2D eigenvalue weighted by atomic mass is 35.5. The molecule has 2 aliphatic rings. The number of carbonyl (C=O) groups is 1. The molecule has 32 heavy (non-hydrogen) atoms. The van der Waals surface area contributed by atoms with Crippen LogP contribution in [0.3, 0.4) is 0 Å². The zero-order chi connectivity index (χ0) is 21.9. The SMILES string of the molecule is O=C1N=C(Nc2ccccc2Cl)SC1=Cc1ccc2ncn(CCN3CCOCC3)c2c1. The molecule has 2 aliphatic heterocycles. The second-order valence-corrected chi connectivity index (χ2v) is 9.02. The molecule has 9 heteroatoms. The van der Waals surface area contributed by atoms with Gasteiger partial charge in [-0.05, 0) is 47.7 Å². The van der Waals surface area contributed by atoms with E-state index in [0.29, 0.717) is 15.1 Å². The first-order valence-corrected chi connectivity index (χ1v) is 11.6. The lowest BCUT2D eigenvalue weighted by atomic mass is 10.2. The number of amides is 1. The molecular formula is C23H22ClN5O2S. The molecule has 0 radical (unpaired) electrons. The lowest BCUT2D eigenvalue weighted by Crippen LogP contribution is -2.38. The molecule has 0 aliphatic carbocycles. The summed E-state index contributed by atoms with van der Waals surface area (Å²) in [7, 11) is 0. The number of nitrogens with zero attached hydrogens (tertiary/aromatic N) is 4. The van der Waals surface area contributed by atoms with Crippen molar-refractivity contribution in [3.63, 3.8) is 0 Å². The predicted molar refractivity (Wildman–Crippen MR) is 130 cm³/mol. The summed E-state index contributed by atoms with van der Waals surface area (Å²) in [5.41, 5.74) is 3.66. The van der Waals surface area contributed by atoms with Crippen LogP contribution in [0.4, 0.5) is 5.69 Å².